The molecule has 2 N–H and O–H groups in total. The molecule has 0 radical (unpaired) electrons. The fraction of sp³-hybridized carbons (Fsp3) is 0.650. The number of aliphatic hydroxyl groups is 2. The van der Waals surface area contributed by atoms with Crippen molar-refractivity contribution in [2.24, 2.45) is 22.7 Å². The van der Waals surface area contributed by atoms with Crippen LogP contribution >= 0.6 is 0 Å². The molecule has 0 heterocycles. The number of carbonyl (C=O) groups excluding carboxylic acids is 1. The molecule has 5 atom stereocenters. The molecule has 130 valence electrons. The summed E-state index contributed by atoms with van der Waals surface area (Å²) >= 11 is 0. The zero-order valence-electron chi connectivity index (χ0n) is 14.6. The summed E-state index contributed by atoms with van der Waals surface area (Å²) in [5.74, 6) is -0.691. The van der Waals surface area contributed by atoms with Gasteiger partial charge in [0, 0.05) is 16.7 Å². The molecule has 0 amide bonds. The first-order chi connectivity index (χ1) is 11.2. The van der Waals surface area contributed by atoms with Crippen molar-refractivity contribution in [3.8, 4) is 0 Å². The lowest BCUT2D eigenvalue weighted by Crippen LogP contribution is -2.47. The number of fused-ring (bicyclic) bond motifs is 2. The first kappa shape index (κ1) is 16.1. The van der Waals surface area contributed by atoms with E-state index in [-0.39, 0.29) is 17.8 Å². The number of aliphatic hydroxyl groups excluding tert-OH is 1. The zero-order chi connectivity index (χ0) is 17.5. The maximum absolute atomic E-state index is 12.8. The Labute approximate surface area is 142 Å². The maximum atomic E-state index is 12.8. The topological polar surface area (TPSA) is 66.8 Å². The Bertz CT molecular complexity index is 700. The number of allylic oxidation sites excluding steroid dienone is 3. The molecule has 0 aromatic heterocycles. The van der Waals surface area contributed by atoms with E-state index in [4.69, 9.17) is 4.74 Å². The van der Waals surface area contributed by atoms with Gasteiger partial charge in [-0.15, -0.1) is 0 Å². The third-order valence-electron chi connectivity index (χ3n) is 7.27. The van der Waals surface area contributed by atoms with Gasteiger partial charge in [-0.3, -0.25) is 4.79 Å². The number of esters is 1. The standard InChI is InChI=1S/C20H26O4/c1-11-9-19-10-20(11,23)8-7-13(19)12-5-6-14(21)18(2,3)15(12)16(19)17(22)24-4/h5-6,14-16,21,23H,1,7-10H2,2-4H3/t14-,15+,16+,19-,20-/m0/s1. The van der Waals surface area contributed by atoms with Crippen molar-refractivity contribution in [1.82, 2.24) is 0 Å². The van der Waals surface area contributed by atoms with Crippen LogP contribution in [0.5, 0.6) is 0 Å². The van der Waals surface area contributed by atoms with Gasteiger partial charge in [0.1, 0.15) is 0 Å². The van der Waals surface area contributed by atoms with E-state index in [0.29, 0.717) is 19.3 Å². The van der Waals surface area contributed by atoms with Crippen LogP contribution in [0.3, 0.4) is 0 Å². The number of hydrogen-bond acceptors (Lipinski definition) is 4. The van der Waals surface area contributed by atoms with E-state index in [0.717, 1.165) is 12.0 Å². The van der Waals surface area contributed by atoms with E-state index >= 15 is 0 Å². The van der Waals surface area contributed by atoms with E-state index in [2.05, 4.69) is 6.58 Å². The van der Waals surface area contributed by atoms with E-state index in [1.165, 1.54) is 18.3 Å². The second-order valence-corrected chi connectivity index (χ2v) is 8.68. The van der Waals surface area contributed by atoms with Gasteiger partial charge < -0.3 is 14.9 Å². The average Bonchev–Trinajstić information content (AvgIpc) is 2.91. The van der Waals surface area contributed by atoms with Crippen LogP contribution in [0.1, 0.15) is 39.5 Å². The summed E-state index contributed by atoms with van der Waals surface area (Å²) in [7, 11) is 1.43. The predicted molar refractivity (Wildman–Crippen MR) is 89.9 cm³/mol. The molecule has 4 aliphatic rings. The molecular formula is C20H26O4. The van der Waals surface area contributed by atoms with Crippen molar-refractivity contribution in [2.45, 2.75) is 51.2 Å². The third kappa shape index (κ3) is 1.68. The molecule has 4 heteroatoms. The summed E-state index contributed by atoms with van der Waals surface area (Å²) in [5, 5.41) is 21.5. The van der Waals surface area contributed by atoms with Crippen molar-refractivity contribution in [1.29, 1.82) is 0 Å². The van der Waals surface area contributed by atoms with Gasteiger partial charge in [0.05, 0.1) is 24.7 Å². The van der Waals surface area contributed by atoms with Crippen molar-refractivity contribution in [2.75, 3.05) is 7.11 Å². The highest BCUT2D eigenvalue weighted by Crippen LogP contribution is 2.71. The summed E-state index contributed by atoms with van der Waals surface area (Å²) < 4.78 is 5.19. The molecular weight excluding hydrogens is 304 g/mol. The largest absolute Gasteiger partial charge is 0.469 e. The van der Waals surface area contributed by atoms with Crippen LogP contribution in [0.2, 0.25) is 0 Å². The maximum Gasteiger partial charge on any atom is 0.310 e. The molecule has 24 heavy (non-hydrogen) atoms. The first-order valence-electron chi connectivity index (χ1n) is 8.76. The van der Waals surface area contributed by atoms with Crippen molar-refractivity contribution in [3.05, 3.63) is 35.5 Å². The molecule has 0 aromatic carbocycles. The van der Waals surface area contributed by atoms with E-state index in [9.17, 15) is 15.0 Å². The Morgan fingerprint density at radius 1 is 1.42 bits per heavy atom. The predicted octanol–water partition coefficient (Wildman–Crippen LogP) is 2.52. The molecule has 0 aromatic rings. The zero-order valence-corrected chi connectivity index (χ0v) is 14.6. The smallest absolute Gasteiger partial charge is 0.310 e. The minimum Gasteiger partial charge on any atom is -0.469 e. The number of carbonyl (C=O) groups is 1. The molecule has 0 saturated heterocycles. The fourth-order valence-electron chi connectivity index (χ4n) is 5.99. The Kier molecular flexibility index (Phi) is 3.09. The molecule has 1 spiro atoms. The second-order valence-electron chi connectivity index (χ2n) is 8.68. The van der Waals surface area contributed by atoms with Gasteiger partial charge in [-0.1, -0.05) is 38.2 Å². The van der Waals surface area contributed by atoms with Gasteiger partial charge in [0.15, 0.2) is 0 Å². The fourth-order valence-corrected chi connectivity index (χ4v) is 5.99. The van der Waals surface area contributed by atoms with Crippen LogP contribution in [0.15, 0.2) is 35.5 Å². The number of rotatable bonds is 1. The van der Waals surface area contributed by atoms with E-state index in [1.54, 1.807) is 0 Å². The summed E-state index contributed by atoms with van der Waals surface area (Å²) in [5.41, 5.74) is 1.58. The van der Waals surface area contributed by atoms with Crippen LogP contribution in [0.25, 0.3) is 0 Å². The van der Waals surface area contributed by atoms with Crippen molar-refractivity contribution in [3.63, 3.8) is 0 Å². The molecule has 0 aliphatic heterocycles. The van der Waals surface area contributed by atoms with Crippen molar-refractivity contribution >= 4 is 5.97 Å². The van der Waals surface area contributed by atoms with Gasteiger partial charge in [-0.2, -0.15) is 0 Å². The first-order valence-corrected chi connectivity index (χ1v) is 8.76. The van der Waals surface area contributed by atoms with Gasteiger partial charge in [-0.05, 0) is 36.8 Å². The Morgan fingerprint density at radius 2 is 2.12 bits per heavy atom. The third-order valence-corrected chi connectivity index (χ3v) is 7.27. The SMILES string of the molecule is C=C1C[C@]23C[C@@]1(O)CCC2=C1C=C[C@H](O)C(C)(C)[C@H]1[C@@H]3C(=O)OC. The van der Waals surface area contributed by atoms with Crippen LogP contribution in [-0.4, -0.2) is 35.0 Å². The van der Waals surface area contributed by atoms with Gasteiger partial charge in [0.25, 0.3) is 0 Å². The van der Waals surface area contributed by atoms with Crippen molar-refractivity contribution < 1.29 is 19.7 Å². The van der Waals surface area contributed by atoms with Crippen LogP contribution < -0.4 is 0 Å². The molecule has 2 fully saturated rings. The monoisotopic (exact) mass is 330 g/mol. The van der Waals surface area contributed by atoms with Crippen LogP contribution in [-0.2, 0) is 9.53 Å². The van der Waals surface area contributed by atoms with Gasteiger partial charge >= 0.3 is 5.97 Å². The molecule has 0 unspecified atom stereocenters. The lowest BCUT2D eigenvalue weighted by Gasteiger charge is -2.44. The summed E-state index contributed by atoms with van der Waals surface area (Å²) in [4.78, 5) is 12.8. The van der Waals surface area contributed by atoms with Gasteiger partial charge in [0.2, 0.25) is 0 Å². The normalized spacial score (nSPS) is 45.2. The minimum absolute atomic E-state index is 0.0896. The highest BCUT2D eigenvalue weighted by molar-refractivity contribution is 5.78. The molecule has 4 nitrogen and oxygen atoms in total. The van der Waals surface area contributed by atoms with Gasteiger partial charge in [-0.25, -0.2) is 0 Å². The molecule has 4 aliphatic carbocycles. The van der Waals surface area contributed by atoms with Crippen LogP contribution in [0, 0.1) is 22.7 Å². The van der Waals surface area contributed by atoms with E-state index < -0.39 is 22.5 Å². The number of methoxy groups -OCH3 is 1. The molecule has 4 rings (SSSR count). The Morgan fingerprint density at radius 3 is 2.79 bits per heavy atom. The lowest BCUT2D eigenvalue weighted by molar-refractivity contribution is -0.154. The Balaban J connectivity index is 1.95. The highest BCUT2D eigenvalue weighted by atomic mass is 16.5. The summed E-state index contributed by atoms with van der Waals surface area (Å²) in [6.07, 6.45) is 5.89. The minimum atomic E-state index is -0.865. The molecule has 2 saturated carbocycles. The quantitative estimate of drug-likeness (QED) is 0.573. The molecule has 2 bridgehead atoms. The van der Waals surface area contributed by atoms with Crippen LogP contribution in [0.4, 0.5) is 0 Å². The summed E-state index contributed by atoms with van der Waals surface area (Å²) in [6, 6.07) is 0. The Hall–Kier alpha value is -1.39. The second kappa shape index (κ2) is 4.61. The van der Waals surface area contributed by atoms with E-state index in [1.807, 2.05) is 26.0 Å². The average molecular weight is 330 g/mol. The summed E-state index contributed by atoms with van der Waals surface area (Å²) in [6.45, 7) is 8.16. The highest BCUT2D eigenvalue weighted by Gasteiger charge is 2.68. The number of hydrogen-bond donors (Lipinski definition) is 2. The lowest BCUT2D eigenvalue weighted by atomic mass is 9.60. The number of ether oxygens (including phenoxy) is 1.